The van der Waals surface area contributed by atoms with Crippen molar-refractivity contribution in [2.45, 2.75) is 18.6 Å². The number of fused-ring (bicyclic) bond motifs is 1. The van der Waals surface area contributed by atoms with Gasteiger partial charge in [0.05, 0.1) is 28.3 Å². The highest BCUT2D eigenvalue weighted by atomic mass is 35.5. The van der Waals surface area contributed by atoms with Crippen LogP contribution < -0.4 is 10.1 Å². The number of hydrogen-bond acceptors (Lipinski definition) is 4. The van der Waals surface area contributed by atoms with Crippen LogP contribution in [0.25, 0.3) is 10.8 Å². The molecule has 0 saturated carbocycles. The molecule has 1 aliphatic heterocycles. The van der Waals surface area contributed by atoms with Crippen molar-refractivity contribution in [3.05, 3.63) is 76.3 Å². The fourth-order valence-electron chi connectivity index (χ4n) is 4.14. The summed E-state index contributed by atoms with van der Waals surface area (Å²) >= 11 is 11.9. The van der Waals surface area contributed by atoms with Crippen LogP contribution >= 0.6 is 23.2 Å². The van der Waals surface area contributed by atoms with E-state index in [-0.39, 0.29) is 18.2 Å². The van der Waals surface area contributed by atoms with Gasteiger partial charge in [-0.3, -0.25) is 4.79 Å². The number of benzene rings is 3. The predicted octanol–water partition coefficient (Wildman–Crippen LogP) is 4.88. The van der Waals surface area contributed by atoms with E-state index in [9.17, 15) is 13.2 Å². The van der Waals surface area contributed by atoms with Crippen molar-refractivity contribution < 1.29 is 17.9 Å². The zero-order valence-electron chi connectivity index (χ0n) is 18.5. The lowest BCUT2D eigenvalue weighted by molar-refractivity contribution is -0.126. The minimum Gasteiger partial charge on any atom is -0.491 e. The van der Waals surface area contributed by atoms with Crippen LogP contribution in [0.15, 0.2) is 60.7 Å². The van der Waals surface area contributed by atoms with E-state index >= 15 is 0 Å². The third kappa shape index (κ3) is 6.02. The fraction of sp³-hybridized carbons (Fsp3) is 0.320. The summed E-state index contributed by atoms with van der Waals surface area (Å²) in [7, 11) is -3.59. The molecule has 1 atom stereocenters. The number of amides is 1. The molecule has 9 heteroatoms. The zero-order chi connectivity index (χ0) is 24.1. The van der Waals surface area contributed by atoms with Crippen molar-refractivity contribution in [3.63, 3.8) is 0 Å². The lowest BCUT2D eigenvalue weighted by Gasteiger charge is -2.31. The number of nitrogens with zero attached hydrogens (tertiary/aromatic N) is 1. The molecule has 1 unspecified atom stereocenters. The largest absolute Gasteiger partial charge is 0.491 e. The minimum absolute atomic E-state index is 0.157. The molecule has 0 spiro atoms. The van der Waals surface area contributed by atoms with Crippen molar-refractivity contribution >= 4 is 49.9 Å². The molecule has 4 rings (SSSR count). The van der Waals surface area contributed by atoms with Crippen LogP contribution in [0.2, 0.25) is 10.0 Å². The molecular formula is C25H26Cl2N2O4S. The number of carbonyl (C=O) groups excluding carboxylic acids is 1. The summed E-state index contributed by atoms with van der Waals surface area (Å²) in [6.07, 6.45) is 1.28. The number of nitrogens with one attached hydrogen (secondary N) is 1. The molecule has 0 aliphatic carbocycles. The molecular weight excluding hydrogens is 495 g/mol. The molecule has 6 nitrogen and oxygen atoms in total. The summed E-state index contributed by atoms with van der Waals surface area (Å²) < 4.78 is 33.2. The number of rotatable bonds is 8. The second-order valence-electron chi connectivity index (χ2n) is 8.32. The van der Waals surface area contributed by atoms with Crippen LogP contribution in [0.1, 0.15) is 18.4 Å². The van der Waals surface area contributed by atoms with E-state index in [2.05, 4.69) is 5.32 Å². The number of sulfonamides is 1. The predicted molar refractivity (Wildman–Crippen MR) is 136 cm³/mol. The molecule has 1 aliphatic rings. The summed E-state index contributed by atoms with van der Waals surface area (Å²) in [5.41, 5.74) is 0.562. The monoisotopic (exact) mass is 520 g/mol. The molecule has 180 valence electrons. The highest BCUT2D eigenvalue weighted by Crippen LogP contribution is 2.27. The first-order chi connectivity index (χ1) is 16.3. The lowest BCUT2D eigenvalue weighted by Crippen LogP contribution is -2.46. The topological polar surface area (TPSA) is 75.7 Å². The SMILES string of the molecule is O=C(NCCOc1cccc2ccccc12)C1CCCN(S(=O)(=O)Cc2ccc(Cl)c(Cl)c2)C1. The summed E-state index contributed by atoms with van der Waals surface area (Å²) in [6.45, 7) is 1.23. The maximum absolute atomic E-state index is 12.9. The zero-order valence-corrected chi connectivity index (χ0v) is 20.9. The van der Waals surface area contributed by atoms with Gasteiger partial charge in [0.25, 0.3) is 0 Å². The Morgan fingerprint density at radius 2 is 1.85 bits per heavy atom. The molecule has 1 N–H and O–H groups in total. The van der Waals surface area contributed by atoms with Crippen LogP contribution in [0.4, 0.5) is 0 Å². The number of ether oxygens (including phenoxy) is 1. The van der Waals surface area contributed by atoms with E-state index < -0.39 is 15.9 Å². The van der Waals surface area contributed by atoms with Gasteiger partial charge in [0.1, 0.15) is 12.4 Å². The molecule has 0 aromatic heterocycles. The van der Waals surface area contributed by atoms with Crippen LogP contribution in [0.3, 0.4) is 0 Å². The van der Waals surface area contributed by atoms with Gasteiger partial charge in [-0.25, -0.2) is 12.7 Å². The van der Waals surface area contributed by atoms with Gasteiger partial charge >= 0.3 is 0 Å². The van der Waals surface area contributed by atoms with Crippen molar-refractivity contribution in [1.82, 2.24) is 9.62 Å². The quantitative estimate of drug-likeness (QED) is 0.429. The van der Waals surface area contributed by atoms with Gasteiger partial charge < -0.3 is 10.1 Å². The Balaban J connectivity index is 1.29. The molecule has 1 amide bonds. The Labute approximate surface area is 209 Å². The first kappa shape index (κ1) is 24.8. The number of carbonyl (C=O) groups is 1. The average Bonchev–Trinajstić information content (AvgIpc) is 2.84. The minimum atomic E-state index is -3.59. The summed E-state index contributed by atoms with van der Waals surface area (Å²) in [5.74, 6) is 0.0346. The highest BCUT2D eigenvalue weighted by molar-refractivity contribution is 7.88. The van der Waals surface area contributed by atoms with E-state index in [1.54, 1.807) is 18.2 Å². The number of halogens is 2. The van der Waals surface area contributed by atoms with Crippen LogP contribution in [-0.4, -0.2) is 44.9 Å². The van der Waals surface area contributed by atoms with Crippen molar-refractivity contribution in [1.29, 1.82) is 0 Å². The van der Waals surface area contributed by atoms with E-state index in [1.165, 1.54) is 4.31 Å². The first-order valence-electron chi connectivity index (χ1n) is 11.1. The van der Waals surface area contributed by atoms with Gasteiger partial charge in [-0.2, -0.15) is 0 Å². The molecule has 0 bridgehead atoms. The highest BCUT2D eigenvalue weighted by Gasteiger charge is 2.32. The third-order valence-electron chi connectivity index (χ3n) is 5.89. The van der Waals surface area contributed by atoms with Crippen molar-refractivity contribution in [2.75, 3.05) is 26.2 Å². The Hall–Kier alpha value is -2.32. The Kier molecular flexibility index (Phi) is 7.99. The summed E-state index contributed by atoms with van der Waals surface area (Å²) in [5, 5.41) is 5.69. The van der Waals surface area contributed by atoms with E-state index in [1.807, 2.05) is 42.5 Å². The van der Waals surface area contributed by atoms with Gasteiger partial charge in [0.15, 0.2) is 0 Å². The third-order valence-corrected chi connectivity index (χ3v) is 8.45. The molecule has 1 saturated heterocycles. The normalized spacial score (nSPS) is 16.9. The molecule has 34 heavy (non-hydrogen) atoms. The second-order valence-corrected chi connectivity index (χ2v) is 11.1. The van der Waals surface area contributed by atoms with Crippen molar-refractivity contribution in [2.24, 2.45) is 5.92 Å². The standard InChI is InChI=1S/C25H26Cl2N2O4S/c26-22-11-10-18(15-23(22)27)17-34(31,32)29-13-4-7-20(16-29)25(30)28-12-14-33-24-9-3-6-19-5-1-2-8-21(19)24/h1-3,5-6,8-11,15,20H,4,7,12-14,16-17H2,(H,28,30). The van der Waals surface area contributed by atoms with Gasteiger partial charge in [0.2, 0.25) is 15.9 Å². The van der Waals surface area contributed by atoms with Crippen LogP contribution in [0, 0.1) is 5.92 Å². The lowest BCUT2D eigenvalue weighted by atomic mass is 9.99. The van der Waals surface area contributed by atoms with Gasteiger partial charge in [-0.1, -0.05) is 65.7 Å². The maximum atomic E-state index is 12.9. The van der Waals surface area contributed by atoms with E-state index in [0.29, 0.717) is 48.1 Å². The smallest absolute Gasteiger partial charge is 0.224 e. The summed E-state index contributed by atoms with van der Waals surface area (Å²) in [4.78, 5) is 12.7. The Bertz CT molecular complexity index is 1280. The molecule has 1 fully saturated rings. The number of hydrogen-bond donors (Lipinski definition) is 1. The second kappa shape index (κ2) is 11.0. The first-order valence-corrected chi connectivity index (χ1v) is 13.5. The van der Waals surface area contributed by atoms with Gasteiger partial charge in [-0.05, 0) is 42.0 Å². The van der Waals surface area contributed by atoms with E-state index in [0.717, 1.165) is 16.5 Å². The Morgan fingerprint density at radius 1 is 1.06 bits per heavy atom. The summed E-state index contributed by atoms with van der Waals surface area (Å²) in [6, 6.07) is 18.6. The molecule has 3 aromatic carbocycles. The fourth-order valence-corrected chi connectivity index (χ4v) is 6.06. The molecule has 1 heterocycles. The van der Waals surface area contributed by atoms with Gasteiger partial charge in [-0.15, -0.1) is 0 Å². The Morgan fingerprint density at radius 3 is 2.68 bits per heavy atom. The van der Waals surface area contributed by atoms with E-state index in [4.69, 9.17) is 27.9 Å². The van der Waals surface area contributed by atoms with Gasteiger partial charge in [0, 0.05) is 18.5 Å². The van der Waals surface area contributed by atoms with Crippen LogP contribution in [-0.2, 0) is 20.6 Å². The number of piperidine rings is 1. The molecule has 3 aromatic rings. The van der Waals surface area contributed by atoms with Crippen LogP contribution in [0.5, 0.6) is 5.75 Å². The maximum Gasteiger partial charge on any atom is 0.224 e. The molecule has 0 radical (unpaired) electrons. The van der Waals surface area contributed by atoms with Crippen molar-refractivity contribution in [3.8, 4) is 5.75 Å². The average molecular weight is 521 g/mol.